The molecule has 28 heavy (non-hydrogen) atoms. The number of hydrogen-bond acceptors (Lipinski definition) is 6. The van der Waals surface area contributed by atoms with E-state index < -0.39 is 18.2 Å². The fourth-order valence-electron chi connectivity index (χ4n) is 3.87. The molecule has 0 aromatic carbocycles. The summed E-state index contributed by atoms with van der Waals surface area (Å²) in [5, 5.41) is 29.8. The first-order valence-corrected chi connectivity index (χ1v) is 12.7. The third-order valence-corrected chi connectivity index (χ3v) is 7.98. The maximum absolute atomic E-state index is 10.6. The Labute approximate surface area is 177 Å². The summed E-state index contributed by atoms with van der Waals surface area (Å²) in [6.45, 7) is 4.37. The lowest BCUT2D eigenvalue weighted by Crippen LogP contribution is -2.38. The number of carboxylic acid groups (broad SMARTS) is 1. The van der Waals surface area contributed by atoms with Gasteiger partial charge in [0.2, 0.25) is 0 Å². The Morgan fingerprint density at radius 1 is 1.32 bits per heavy atom. The van der Waals surface area contributed by atoms with Crippen molar-refractivity contribution in [2.75, 3.05) is 17.3 Å². The minimum absolute atomic E-state index is 0.000945. The summed E-state index contributed by atoms with van der Waals surface area (Å²) in [4.78, 5) is 10.6. The van der Waals surface area contributed by atoms with E-state index in [0.717, 1.165) is 30.8 Å². The second kappa shape index (κ2) is 12.5. The lowest BCUT2D eigenvalue weighted by Gasteiger charge is -2.31. The largest absolute Gasteiger partial charge is 0.481 e. The van der Waals surface area contributed by atoms with Crippen molar-refractivity contribution in [3.05, 3.63) is 12.2 Å². The molecule has 5 nitrogen and oxygen atoms in total. The third-order valence-electron chi connectivity index (χ3n) is 5.46. The Morgan fingerprint density at radius 2 is 2.11 bits per heavy atom. The van der Waals surface area contributed by atoms with Crippen LogP contribution in [-0.4, -0.2) is 68.2 Å². The number of unbranched alkanes of at least 4 members (excludes halogenated alkanes) is 1. The number of thioether (sulfide) groups is 2. The maximum atomic E-state index is 10.6. The van der Waals surface area contributed by atoms with E-state index in [2.05, 4.69) is 13.8 Å². The van der Waals surface area contributed by atoms with Crippen molar-refractivity contribution in [3.63, 3.8) is 0 Å². The van der Waals surface area contributed by atoms with E-state index in [4.69, 9.17) is 9.84 Å². The van der Waals surface area contributed by atoms with Gasteiger partial charge in [0, 0.05) is 17.6 Å². The molecule has 0 aromatic rings. The van der Waals surface area contributed by atoms with Crippen molar-refractivity contribution < 1.29 is 24.9 Å². The quantitative estimate of drug-likeness (QED) is 0.220. The summed E-state index contributed by atoms with van der Waals surface area (Å²) in [5.41, 5.74) is 0. The Hall–Kier alpha value is -0.210. The van der Waals surface area contributed by atoms with Crippen LogP contribution in [0.25, 0.3) is 0 Å². The van der Waals surface area contributed by atoms with Gasteiger partial charge in [-0.25, -0.2) is 0 Å². The fourth-order valence-corrected chi connectivity index (χ4v) is 6.23. The zero-order chi connectivity index (χ0) is 20.5. The number of epoxide rings is 1. The van der Waals surface area contributed by atoms with Gasteiger partial charge in [-0.15, -0.1) is 0 Å². The maximum Gasteiger partial charge on any atom is 0.313 e. The molecular weight excluding hydrogens is 396 g/mol. The third kappa shape index (κ3) is 8.27. The smallest absolute Gasteiger partial charge is 0.313 e. The van der Waals surface area contributed by atoms with Gasteiger partial charge >= 0.3 is 5.97 Å². The normalized spacial score (nSPS) is 31.5. The summed E-state index contributed by atoms with van der Waals surface area (Å²) in [7, 11) is 0. The molecule has 162 valence electrons. The number of fused-ring (bicyclic) bond motifs is 1. The molecule has 0 spiro atoms. The molecule has 7 atom stereocenters. The molecule has 0 aromatic heterocycles. The summed E-state index contributed by atoms with van der Waals surface area (Å²) in [6, 6.07) is 0. The molecule has 1 heterocycles. The molecule has 1 saturated carbocycles. The number of aliphatic hydroxyl groups excluding tert-OH is 2. The monoisotopic (exact) mass is 432 g/mol. The van der Waals surface area contributed by atoms with Gasteiger partial charge in [-0.1, -0.05) is 45.3 Å². The number of aliphatic hydroxyl groups is 2. The van der Waals surface area contributed by atoms with E-state index in [-0.39, 0.29) is 29.1 Å². The molecule has 2 fully saturated rings. The Kier molecular flexibility index (Phi) is 10.7. The van der Waals surface area contributed by atoms with Gasteiger partial charge in [-0.05, 0) is 30.3 Å². The van der Waals surface area contributed by atoms with Crippen molar-refractivity contribution >= 4 is 29.5 Å². The van der Waals surface area contributed by atoms with Crippen LogP contribution in [0, 0.1) is 11.8 Å². The summed E-state index contributed by atoms with van der Waals surface area (Å²) < 4.78 is 5.76. The number of hydrogen-bond donors (Lipinski definition) is 3. The highest BCUT2D eigenvalue weighted by Crippen LogP contribution is 2.46. The van der Waals surface area contributed by atoms with Gasteiger partial charge in [0.05, 0.1) is 30.2 Å². The van der Waals surface area contributed by atoms with Gasteiger partial charge in [0.1, 0.15) is 0 Å². The lowest BCUT2D eigenvalue weighted by molar-refractivity contribution is -0.133. The molecule has 2 unspecified atom stereocenters. The van der Waals surface area contributed by atoms with Crippen LogP contribution in [-0.2, 0) is 9.53 Å². The lowest BCUT2D eigenvalue weighted by atomic mass is 9.85. The van der Waals surface area contributed by atoms with E-state index in [9.17, 15) is 15.0 Å². The van der Waals surface area contributed by atoms with Crippen molar-refractivity contribution in [2.45, 2.75) is 82.0 Å². The second-order valence-corrected chi connectivity index (χ2v) is 10.5. The van der Waals surface area contributed by atoms with E-state index in [1.54, 1.807) is 0 Å². The van der Waals surface area contributed by atoms with E-state index >= 15 is 0 Å². The topological polar surface area (TPSA) is 90.3 Å². The summed E-state index contributed by atoms with van der Waals surface area (Å²) in [5.74, 6) is 1.65. The highest BCUT2D eigenvalue weighted by atomic mass is 32.2. The molecule has 1 aliphatic heterocycles. The Morgan fingerprint density at radius 3 is 2.82 bits per heavy atom. The Balaban J connectivity index is 1.79. The zero-order valence-corrected chi connectivity index (χ0v) is 18.7. The highest BCUT2D eigenvalue weighted by Gasteiger charge is 2.54. The predicted octanol–water partition coefficient (Wildman–Crippen LogP) is 3.58. The molecule has 0 bridgehead atoms. The minimum atomic E-state index is -0.768. The van der Waals surface area contributed by atoms with E-state index in [1.807, 2.05) is 23.9 Å². The summed E-state index contributed by atoms with van der Waals surface area (Å²) >= 11 is 3.26. The van der Waals surface area contributed by atoms with Crippen molar-refractivity contribution in [2.24, 2.45) is 11.8 Å². The second-order valence-electron chi connectivity index (χ2n) is 8.09. The molecule has 2 aliphatic rings. The summed E-state index contributed by atoms with van der Waals surface area (Å²) in [6.07, 6.45) is 9.28. The minimum Gasteiger partial charge on any atom is -0.481 e. The van der Waals surface area contributed by atoms with E-state index in [0.29, 0.717) is 12.3 Å². The van der Waals surface area contributed by atoms with Crippen LogP contribution in [0.4, 0.5) is 0 Å². The number of carbonyl (C=O) groups is 1. The average Bonchev–Trinajstić information content (AvgIpc) is 3.40. The first kappa shape index (κ1) is 24.1. The molecule has 7 heteroatoms. The predicted molar refractivity (Wildman–Crippen MR) is 117 cm³/mol. The fraction of sp³-hybridized carbons (Fsp3) is 0.857. The number of ether oxygens (including phenoxy) is 1. The number of rotatable bonds is 14. The average molecular weight is 433 g/mol. The molecule has 0 radical (unpaired) electrons. The molecule has 2 rings (SSSR count). The number of aliphatic carboxylic acids is 1. The van der Waals surface area contributed by atoms with Gasteiger partial charge in [0.25, 0.3) is 0 Å². The molecule has 1 aliphatic carbocycles. The van der Waals surface area contributed by atoms with Gasteiger partial charge in [-0.3, -0.25) is 4.79 Å². The zero-order valence-electron chi connectivity index (χ0n) is 17.0. The number of carboxylic acids is 1. The van der Waals surface area contributed by atoms with Crippen LogP contribution >= 0.6 is 23.5 Å². The first-order chi connectivity index (χ1) is 13.4. The van der Waals surface area contributed by atoms with Crippen LogP contribution < -0.4 is 0 Å². The molecule has 3 N–H and O–H groups in total. The van der Waals surface area contributed by atoms with Crippen LogP contribution in [0.15, 0.2) is 12.2 Å². The highest BCUT2D eigenvalue weighted by molar-refractivity contribution is 8.00. The van der Waals surface area contributed by atoms with E-state index in [1.165, 1.54) is 24.6 Å². The SMILES string of the molecule is CCCC[C@H](C)C[C@H](O)/C=C/[C@H]1[C@H](O)CC2OC2[C@@H]1SCCCSCC(=O)O. The van der Waals surface area contributed by atoms with Crippen LogP contribution in [0.5, 0.6) is 0 Å². The molecule has 1 saturated heterocycles. The van der Waals surface area contributed by atoms with Crippen LogP contribution in [0.2, 0.25) is 0 Å². The standard InChI is InChI=1S/C21H36O5S2/c1-3-4-6-14(2)11-15(22)7-8-16-17(23)12-18-20(26-18)21(16)28-10-5-9-27-13-19(24)25/h7-8,14-18,20-23H,3-6,9-13H2,1-2H3,(H,24,25)/b8-7+/t14-,15+,16-,17+,18?,20?,21+/m0/s1. The van der Waals surface area contributed by atoms with Crippen molar-refractivity contribution in [3.8, 4) is 0 Å². The van der Waals surface area contributed by atoms with Gasteiger partial charge in [0.15, 0.2) is 0 Å². The molecular formula is C21H36O5S2. The van der Waals surface area contributed by atoms with Crippen molar-refractivity contribution in [1.29, 1.82) is 0 Å². The van der Waals surface area contributed by atoms with Crippen LogP contribution in [0.3, 0.4) is 0 Å². The van der Waals surface area contributed by atoms with Crippen LogP contribution in [0.1, 0.15) is 52.4 Å². The van der Waals surface area contributed by atoms with Gasteiger partial charge in [-0.2, -0.15) is 23.5 Å². The Bertz CT molecular complexity index is 501. The molecule has 0 amide bonds. The first-order valence-electron chi connectivity index (χ1n) is 10.5. The van der Waals surface area contributed by atoms with Gasteiger partial charge < -0.3 is 20.1 Å². The van der Waals surface area contributed by atoms with Crippen molar-refractivity contribution in [1.82, 2.24) is 0 Å².